The molecule has 2 N–H and O–H groups in total. The average Bonchev–Trinajstić information content (AvgIpc) is 3.10. The van der Waals surface area contributed by atoms with Gasteiger partial charge in [-0.2, -0.15) is 0 Å². The largest absolute Gasteiger partial charge is 0.357 e. The van der Waals surface area contributed by atoms with Gasteiger partial charge in [-0.05, 0) is 37.1 Å². The molecule has 0 aromatic carbocycles. The van der Waals surface area contributed by atoms with Gasteiger partial charge < -0.3 is 15.5 Å². The summed E-state index contributed by atoms with van der Waals surface area (Å²) in [6.07, 6.45) is 2.40. The van der Waals surface area contributed by atoms with Gasteiger partial charge in [0.15, 0.2) is 5.96 Å². The lowest BCUT2D eigenvalue weighted by Crippen LogP contribution is -2.49. The van der Waals surface area contributed by atoms with E-state index in [1.807, 2.05) is 11.3 Å². The van der Waals surface area contributed by atoms with Gasteiger partial charge in [0.1, 0.15) is 0 Å². The van der Waals surface area contributed by atoms with Gasteiger partial charge in [-0.3, -0.25) is 4.99 Å². The molecule has 0 aliphatic carbocycles. The first-order valence-electron chi connectivity index (χ1n) is 9.72. The third-order valence-corrected chi connectivity index (χ3v) is 5.95. The summed E-state index contributed by atoms with van der Waals surface area (Å²) in [5.41, 5.74) is 0.0805. The van der Waals surface area contributed by atoms with Crippen molar-refractivity contribution in [2.45, 2.75) is 58.9 Å². The lowest BCUT2D eigenvalue weighted by Gasteiger charge is -2.34. The number of piperidine rings is 1. The molecule has 5 heteroatoms. The summed E-state index contributed by atoms with van der Waals surface area (Å²) in [7, 11) is 0. The van der Waals surface area contributed by atoms with Gasteiger partial charge in [-0.15, -0.1) is 11.3 Å². The zero-order valence-electron chi connectivity index (χ0n) is 16.6. The number of hydrogen-bond donors (Lipinski definition) is 2. The molecule has 25 heavy (non-hydrogen) atoms. The highest BCUT2D eigenvalue weighted by Gasteiger charge is 2.23. The van der Waals surface area contributed by atoms with Gasteiger partial charge in [0, 0.05) is 42.5 Å². The number of guanidine groups is 1. The first-order chi connectivity index (χ1) is 11.9. The fourth-order valence-electron chi connectivity index (χ4n) is 3.31. The fraction of sp³-hybridized carbons (Fsp3) is 0.750. The number of likely N-dealkylation sites (tertiary alicyclic amines) is 1. The van der Waals surface area contributed by atoms with Crippen molar-refractivity contribution in [1.82, 2.24) is 15.5 Å². The van der Waals surface area contributed by atoms with Crippen molar-refractivity contribution in [1.29, 1.82) is 0 Å². The van der Waals surface area contributed by atoms with Gasteiger partial charge in [0.05, 0.1) is 6.54 Å². The van der Waals surface area contributed by atoms with Crippen LogP contribution in [-0.4, -0.2) is 49.6 Å². The molecule has 0 saturated carbocycles. The van der Waals surface area contributed by atoms with Crippen LogP contribution in [-0.2, 0) is 5.41 Å². The Morgan fingerprint density at radius 2 is 2.08 bits per heavy atom. The summed E-state index contributed by atoms with van der Waals surface area (Å²) < 4.78 is 0. The van der Waals surface area contributed by atoms with Crippen molar-refractivity contribution in [3.05, 3.63) is 22.4 Å². The highest BCUT2D eigenvalue weighted by Crippen LogP contribution is 2.27. The minimum atomic E-state index is 0.0805. The number of nitrogens with one attached hydrogen (secondary N) is 2. The van der Waals surface area contributed by atoms with E-state index in [0.29, 0.717) is 6.04 Å². The second-order valence-electron chi connectivity index (χ2n) is 8.17. The van der Waals surface area contributed by atoms with E-state index < -0.39 is 0 Å². The second kappa shape index (κ2) is 9.58. The van der Waals surface area contributed by atoms with Crippen molar-refractivity contribution in [3.63, 3.8) is 0 Å². The number of rotatable bonds is 7. The average molecular weight is 365 g/mol. The predicted octanol–water partition coefficient (Wildman–Crippen LogP) is 3.70. The molecule has 4 nitrogen and oxygen atoms in total. The molecule has 1 saturated heterocycles. The van der Waals surface area contributed by atoms with E-state index in [2.05, 4.69) is 67.7 Å². The molecule has 0 radical (unpaired) electrons. The van der Waals surface area contributed by atoms with Crippen LogP contribution in [0.15, 0.2) is 22.5 Å². The lowest BCUT2D eigenvalue weighted by molar-refractivity contribution is 0.187. The van der Waals surface area contributed by atoms with E-state index >= 15 is 0 Å². The summed E-state index contributed by atoms with van der Waals surface area (Å²) in [5, 5.41) is 9.23. The van der Waals surface area contributed by atoms with E-state index in [1.54, 1.807) is 0 Å². The van der Waals surface area contributed by atoms with Crippen molar-refractivity contribution in [2.24, 2.45) is 10.9 Å². The molecule has 0 amide bonds. The Morgan fingerprint density at radius 3 is 2.64 bits per heavy atom. The fourth-order valence-corrected chi connectivity index (χ4v) is 4.15. The normalized spacial score (nSPS) is 17.9. The zero-order valence-corrected chi connectivity index (χ0v) is 17.5. The van der Waals surface area contributed by atoms with Crippen LogP contribution in [0.3, 0.4) is 0 Å². The molecule has 142 valence electrons. The highest BCUT2D eigenvalue weighted by molar-refractivity contribution is 7.10. The van der Waals surface area contributed by atoms with Crippen LogP contribution in [0.1, 0.15) is 52.3 Å². The molecule has 0 unspecified atom stereocenters. The van der Waals surface area contributed by atoms with Crippen molar-refractivity contribution < 1.29 is 0 Å². The molecule has 2 heterocycles. The molecule has 0 bridgehead atoms. The van der Waals surface area contributed by atoms with E-state index in [-0.39, 0.29) is 5.41 Å². The standard InChI is InChI=1S/C20H36N4S/c1-6-21-19(22-15-20(4,5)18-8-7-13-25-18)23-17-9-11-24(12-10-17)14-16(2)3/h7-8,13,16-17H,6,9-12,14-15H2,1-5H3,(H2,21,22,23). The maximum Gasteiger partial charge on any atom is 0.191 e. The van der Waals surface area contributed by atoms with Crippen LogP contribution in [0.25, 0.3) is 0 Å². The Labute approximate surface area is 158 Å². The molecule has 2 rings (SSSR count). The molecular formula is C20H36N4S. The summed E-state index contributed by atoms with van der Waals surface area (Å²) in [5.74, 6) is 1.72. The van der Waals surface area contributed by atoms with Gasteiger partial charge in [-0.25, -0.2) is 0 Å². The third kappa shape index (κ3) is 6.63. The van der Waals surface area contributed by atoms with Crippen molar-refractivity contribution >= 4 is 17.3 Å². The van der Waals surface area contributed by atoms with Crippen LogP contribution in [0, 0.1) is 5.92 Å². The molecule has 1 fully saturated rings. The summed E-state index contributed by atoms with van der Waals surface area (Å²) in [6.45, 7) is 16.6. The number of thiophene rings is 1. The van der Waals surface area contributed by atoms with Crippen molar-refractivity contribution in [2.75, 3.05) is 32.7 Å². The maximum absolute atomic E-state index is 4.89. The van der Waals surface area contributed by atoms with Crippen LogP contribution in [0.4, 0.5) is 0 Å². The highest BCUT2D eigenvalue weighted by atomic mass is 32.1. The zero-order chi connectivity index (χ0) is 18.3. The van der Waals surface area contributed by atoms with E-state index in [4.69, 9.17) is 4.99 Å². The quantitative estimate of drug-likeness (QED) is 0.572. The first-order valence-corrected chi connectivity index (χ1v) is 10.6. The first kappa shape index (κ1) is 20.2. The summed E-state index contributed by atoms with van der Waals surface area (Å²) >= 11 is 1.82. The van der Waals surface area contributed by atoms with E-state index in [9.17, 15) is 0 Å². The van der Waals surface area contributed by atoms with Crippen LogP contribution >= 0.6 is 11.3 Å². The minimum Gasteiger partial charge on any atom is -0.357 e. The Balaban J connectivity index is 1.88. The van der Waals surface area contributed by atoms with Crippen molar-refractivity contribution in [3.8, 4) is 0 Å². The van der Waals surface area contributed by atoms with Gasteiger partial charge in [-0.1, -0.05) is 33.8 Å². The molecule has 0 spiro atoms. The third-order valence-electron chi connectivity index (χ3n) is 4.72. The molecule has 1 aliphatic rings. The predicted molar refractivity (Wildman–Crippen MR) is 111 cm³/mol. The number of nitrogens with zero attached hydrogens (tertiary/aromatic N) is 2. The molecule has 0 atom stereocenters. The van der Waals surface area contributed by atoms with E-state index in [0.717, 1.165) is 25.0 Å². The Morgan fingerprint density at radius 1 is 1.36 bits per heavy atom. The molecule has 1 aromatic heterocycles. The SMILES string of the molecule is CCNC(=NCC(C)(C)c1cccs1)NC1CCN(CC(C)C)CC1. The van der Waals surface area contributed by atoms with Gasteiger partial charge >= 0.3 is 0 Å². The molecule has 1 aliphatic heterocycles. The molecule has 1 aromatic rings. The van der Waals surface area contributed by atoms with E-state index in [1.165, 1.54) is 37.4 Å². The van der Waals surface area contributed by atoms with Crippen LogP contribution < -0.4 is 10.6 Å². The second-order valence-corrected chi connectivity index (χ2v) is 9.12. The van der Waals surface area contributed by atoms with Gasteiger partial charge in [0.2, 0.25) is 0 Å². The topological polar surface area (TPSA) is 39.7 Å². The summed E-state index contributed by atoms with van der Waals surface area (Å²) in [4.78, 5) is 8.88. The Hall–Kier alpha value is -1.07. The molecular weight excluding hydrogens is 328 g/mol. The lowest BCUT2D eigenvalue weighted by atomic mass is 9.92. The van der Waals surface area contributed by atoms with Crippen LogP contribution in [0.5, 0.6) is 0 Å². The summed E-state index contributed by atoms with van der Waals surface area (Å²) in [6, 6.07) is 4.87. The maximum atomic E-state index is 4.89. The van der Waals surface area contributed by atoms with Crippen LogP contribution in [0.2, 0.25) is 0 Å². The number of aliphatic imine (C=N–C) groups is 1. The Bertz CT molecular complexity index is 514. The number of hydrogen-bond acceptors (Lipinski definition) is 3. The minimum absolute atomic E-state index is 0.0805. The monoisotopic (exact) mass is 364 g/mol. The Kier molecular flexibility index (Phi) is 7.76. The smallest absolute Gasteiger partial charge is 0.191 e. The van der Waals surface area contributed by atoms with Gasteiger partial charge in [0.25, 0.3) is 0 Å².